The second-order valence-corrected chi connectivity index (χ2v) is 5.81. The van der Waals surface area contributed by atoms with E-state index in [9.17, 15) is 4.79 Å². The van der Waals surface area contributed by atoms with Crippen molar-refractivity contribution in [2.75, 3.05) is 5.32 Å². The average Bonchev–Trinajstić information content (AvgIpc) is 2.39. The van der Waals surface area contributed by atoms with E-state index in [1.807, 2.05) is 26.0 Å². The van der Waals surface area contributed by atoms with E-state index in [-0.39, 0.29) is 11.9 Å². The number of carbonyl (C=O) groups excluding carboxylic acids is 1. The minimum Gasteiger partial charge on any atom is -0.327 e. The summed E-state index contributed by atoms with van der Waals surface area (Å²) in [7, 11) is 0. The Morgan fingerprint density at radius 1 is 1.32 bits per heavy atom. The first-order valence-electron chi connectivity index (χ1n) is 7.24. The molecule has 19 heavy (non-hydrogen) atoms. The van der Waals surface area contributed by atoms with Gasteiger partial charge in [0.2, 0.25) is 5.91 Å². The van der Waals surface area contributed by atoms with E-state index in [0.717, 1.165) is 18.5 Å². The normalized spacial score (nSPS) is 16.0. The Bertz CT molecular complexity index is 454. The number of fused-ring (bicyclic) bond motifs is 1. The van der Waals surface area contributed by atoms with Crippen molar-refractivity contribution in [3.8, 4) is 0 Å². The molecular weight excluding hydrogens is 236 g/mol. The fourth-order valence-corrected chi connectivity index (χ4v) is 2.55. The predicted octanol–water partition coefficient (Wildman–Crippen LogP) is 2.88. The minimum absolute atomic E-state index is 0.0279. The smallest absolute Gasteiger partial charge is 0.225 e. The Morgan fingerprint density at radius 3 is 2.79 bits per heavy atom. The molecule has 0 spiro atoms. The molecule has 104 valence electrons. The van der Waals surface area contributed by atoms with Crippen LogP contribution in [0.3, 0.4) is 0 Å². The van der Waals surface area contributed by atoms with Crippen LogP contribution in [0, 0.1) is 5.92 Å². The Labute approximate surface area is 115 Å². The summed E-state index contributed by atoms with van der Waals surface area (Å²) >= 11 is 0. The summed E-state index contributed by atoms with van der Waals surface area (Å²) < 4.78 is 0. The molecule has 0 aromatic heterocycles. The Kier molecular flexibility index (Phi) is 4.59. The molecule has 1 aromatic carbocycles. The second kappa shape index (κ2) is 6.20. The van der Waals surface area contributed by atoms with Gasteiger partial charge in [0.1, 0.15) is 0 Å². The average molecular weight is 260 g/mol. The van der Waals surface area contributed by atoms with Gasteiger partial charge in [0, 0.05) is 18.2 Å². The molecule has 1 unspecified atom stereocenters. The van der Waals surface area contributed by atoms with Crippen LogP contribution in [0.1, 0.15) is 44.2 Å². The molecule has 1 amide bonds. The first-order chi connectivity index (χ1) is 9.08. The molecule has 0 aliphatic heterocycles. The lowest BCUT2D eigenvalue weighted by molar-refractivity contribution is -0.116. The third-order valence-electron chi connectivity index (χ3n) is 3.95. The topological polar surface area (TPSA) is 55.1 Å². The summed E-state index contributed by atoms with van der Waals surface area (Å²) in [5.41, 5.74) is 9.64. The molecule has 0 bridgehead atoms. The number of hydrogen-bond acceptors (Lipinski definition) is 2. The zero-order valence-electron chi connectivity index (χ0n) is 11.9. The molecule has 3 N–H and O–H groups in total. The highest BCUT2D eigenvalue weighted by molar-refractivity contribution is 5.92. The van der Waals surface area contributed by atoms with E-state index in [1.54, 1.807) is 0 Å². The van der Waals surface area contributed by atoms with Crippen LogP contribution < -0.4 is 11.1 Å². The van der Waals surface area contributed by atoms with Gasteiger partial charge in [-0.05, 0) is 48.8 Å². The van der Waals surface area contributed by atoms with E-state index in [1.165, 1.54) is 24.0 Å². The van der Waals surface area contributed by atoms with Crippen molar-refractivity contribution < 1.29 is 4.79 Å². The summed E-state index contributed by atoms with van der Waals surface area (Å²) in [6, 6.07) is 6.13. The number of benzene rings is 1. The maximum absolute atomic E-state index is 12.0. The van der Waals surface area contributed by atoms with Gasteiger partial charge in [-0.15, -0.1) is 0 Å². The molecule has 1 aliphatic carbocycles. The number of anilines is 1. The number of nitrogens with one attached hydrogen (secondary N) is 1. The first-order valence-corrected chi connectivity index (χ1v) is 7.24. The zero-order valence-corrected chi connectivity index (χ0v) is 11.9. The second-order valence-electron chi connectivity index (χ2n) is 5.81. The van der Waals surface area contributed by atoms with E-state index < -0.39 is 0 Å². The van der Waals surface area contributed by atoms with Gasteiger partial charge in [-0.25, -0.2) is 0 Å². The van der Waals surface area contributed by atoms with Gasteiger partial charge in [-0.2, -0.15) is 0 Å². The summed E-state index contributed by atoms with van der Waals surface area (Å²) in [6.07, 6.45) is 5.06. The summed E-state index contributed by atoms with van der Waals surface area (Å²) in [5, 5.41) is 3.04. The highest BCUT2D eigenvalue weighted by Gasteiger charge is 2.16. The van der Waals surface area contributed by atoms with Crippen molar-refractivity contribution in [1.82, 2.24) is 0 Å². The van der Waals surface area contributed by atoms with Crippen molar-refractivity contribution in [2.24, 2.45) is 11.7 Å². The molecule has 0 saturated carbocycles. The van der Waals surface area contributed by atoms with Crippen LogP contribution in [0.2, 0.25) is 0 Å². The Hall–Kier alpha value is -1.35. The largest absolute Gasteiger partial charge is 0.327 e. The molecule has 3 heteroatoms. The number of hydrogen-bond donors (Lipinski definition) is 2. The van der Waals surface area contributed by atoms with Gasteiger partial charge in [0.15, 0.2) is 0 Å². The molecule has 1 aliphatic rings. The lowest BCUT2D eigenvalue weighted by atomic mass is 9.90. The van der Waals surface area contributed by atoms with Gasteiger partial charge >= 0.3 is 0 Å². The Balaban J connectivity index is 2.05. The van der Waals surface area contributed by atoms with E-state index in [4.69, 9.17) is 5.73 Å². The number of aryl methyl sites for hydroxylation is 1. The van der Waals surface area contributed by atoms with Crippen LogP contribution in [-0.4, -0.2) is 11.9 Å². The summed E-state index contributed by atoms with van der Waals surface area (Å²) in [6.45, 7) is 4.09. The third-order valence-corrected chi connectivity index (χ3v) is 3.95. The highest BCUT2D eigenvalue weighted by atomic mass is 16.1. The van der Waals surface area contributed by atoms with Crippen LogP contribution in [0.4, 0.5) is 5.69 Å². The lowest BCUT2D eigenvalue weighted by Gasteiger charge is -2.20. The molecule has 0 fully saturated rings. The van der Waals surface area contributed by atoms with Gasteiger partial charge in [-0.3, -0.25) is 4.79 Å². The van der Waals surface area contributed by atoms with Crippen LogP contribution in [0.25, 0.3) is 0 Å². The van der Waals surface area contributed by atoms with Crippen LogP contribution in [0.5, 0.6) is 0 Å². The van der Waals surface area contributed by atoms with Gasteiger partial charge < -0.3 is 11.1 Å². The lowest BCUT2D eigenvalue weighted by Crippen LogP contribution is -2.31. The first kappa shape index (κ1) is 14.1. The van der Waals surface area contributed by atoms with Gasteiger partial charge in [0.25, 0.3) is 0 Å². The SMILES string of the molecule is CC(C)C(N)CC(=O)Nc1cccc2c1CCCC2. The van der Waals surface area contributed by atoms with Crippen LogP contribution >= 0.6 is 0 Å². The fraction of sp³-hybridized carbons (Fsp3) is 0.562. The Morgan fingerprint density at radius 2 is 2.05 bits per heavy atom. The van der Waals surface area contributed by atoms with E-state index in [0.29, 0.717) is 12.3 Å². The van der Waals surface area contributed by atoms with Crippen molar-refractivity contribution in [3.63, 3.8) is 0 Å². The molecule has 0 saturated heterocycles. The standard InChI is InChI=1S/C16H24N2O/c1-11(2)14(17)10-16(19)18-15-9-5-7-12-6-3-4-8-13(12)15/h5,7,9,11,14H,3-4,6,8,10,17H2,1-2H3,(H,18,19). The van der Waals surface area contributed by atoms with E-state index >= 15 is 0 Å². The minimum atomic E-state index is -0.0699. The maximum atomic E-state index is 12.0. The number of carbonyl (C=O) groups is 1. The fourth-order valence-electron chi connectivity index (χ4n) is 2.55. The van der Waals surface area contributed by atoms with Crippen molar-refractivity contribution in [3.05, 3.63) is 29.3 Å². The van der Waals surface area contributed by atoms with Crippen molar-refractivity contribution in [1.29, 1.82) is 0 Å². The van der Waals surface area contributed by atoms with Crippen LogP contribution in [0.15, 0.2) is 18.2 Å². The summed E-state index contributed by atoms with van der Waals surface area (Å²) in [5.74, 6) is 0.357. The highest BCUT2D eigenvalue weighted by Crippen LogP contribution is 2.27. The van der Waals surface area contributed by atoms with Gasteiger partial charge in [-0.1, -0.05) is 26.0 Å². The predicted molar refractivity (Wildman–Crippen MR) is 79.1 cm³/mol. The third kappa shape index (κ3) is 3.57. The molecule has 3 nitrogen and oxygen atoms in total. The van der Waals surface area contributed by atoms with E-state index in [2.05, 4.69) is 11.4 Å². The summed E-state index contributed by atoms with van der Waals surface area (Å²) in [4.78, 5) is 12.0. The monoisotopic (exact) mass is 260 g/mol. The number of nitrogens with two attached hydrogens (primary N) is 1. The number of amides is 1. The van der Waals surface area contributed by atoms with Crippen molar-refractivity contribution in [2.45, 2.75) is 52.0 Å². The number of rotatable bonds is 4. The molecule has 2 rings (SSSR count). The molecule has 1 atom stereocenters. The zero-order chi connectivity index (χ0) is 13.8. The van der Waals surface area contributed by atoms with Crippen molar-refractivity contribution >= 4 is 11.6 Å². The molecular formula is C16H24N2O. The quantitative estimate of drug-likeness (QED) is 0.874. The molecule has 0 radical (unpaired) electrons. The maximum Gasteiger partial charge on any atom is 0.225 e. The van der Waals surface area contributed by atoms with Crippen LogP contribution in [-0.2, 0) is 17.6 Å². The van der Waals surface area contributed by atoms with Gasteiger partial charge in [0.05, 0.1) is 0 Å². The molecule has 0 heterocycles. The molecule has 1 aromatic rings.